The van der Waals surface area contributed by atoms with Crippen LogP contribution < -0.4 is 4.74 Å². The van der Waals surface area contributed by atoms with Gasteiger partial charge in [0, 0.05) is 19.3 Å². The number of fused-ring (bicyclic) bond motifs is 5. The molecule has 0 heterocycles. The third kappa shape index (κ3) is 3.07. The van der Waals surface area contributed by atoms with Gasteiger partial charge in [-0.3, -0.25) is 9.59 Å². The number of hydrogen-bond donors (Lipinski definition) is 0. The number of ether oxygens (including phenoxy) is 2. The summed E-state index contributed by atoms with van der Waals surface area (Å²) in [5.41, 5.74) is 2.88. The first kappa shape index (κ1) is 18.5. The van der Waals surface area contributed by atoms with Crippen molar-refractivity contribution in [3.8, 4) is 5.75 Å². The molecular formula is C23H30O4. The average molecular weight is 370 g/mol. The van der Waals surface area contributed by atoms with E-state index in [0.717, 1.165) is 32.1 Å². The van der Waals surface area contributed by atoms with E-state index < -0.39 is 0 Å². The van der Waals surface area contributed by atoms with E-state index in [2.05, 4.69) is 26.0 Å². The summed E-state index contributed by atoms with van der Waals surface area (Å²) in [4.78, 5) is 22.9. The molecule has 2 fully saturated rings. The van der Waals surface area contributed by atoms with Crippen molar-refractivity contribution in [1.29, 1.82) is 0 Å². The lowest BCUT2D eigenvalue weighted by Gasteiger charge is -2.52. The molecule has 2 saturated carbocycles. The van der Waals surface area contributed by atoms with E-state index in [0.29, 0.717) is 29.4 Å². The van der Waals surface area contributed by atoms with Crippen molar-refractivity contribution in [3.63, 3.8) is 0 Å². The summed E-state index contributed by atoms with van der Waals surface area (Å²) in [5, 5.41) is 0. The van der Waals surface area contributed by atoms with Crippen LogP contribution in [0.4, 0.5) is 0 Å². The highest BCUT2D eigenvalue weighted by Gasteiger charge is 2.57. The fraction of sp³-hybridized carbons (Fsp3) is 0.652. The topological polar surface area (TPSA) is 52.6 Å². The van der Waals surface area contributed by atoms with Crippen LogP contribution >= 0.6 is 0 Å². The Morgan fingerprint density at radius 2 is 1.89 bits per heavy atom. The summed E-state index contributed by atoms with van der Waals surface area (Å²) in [6, 6.07) is 6.18. The number of benzene rings is 1. The van der Waals surface area contributed by atoms with Gasteiger partial charge in [-0.2, -0.15) is 0 Å². The second kappa shape index (κ2) is 6.65. The van der Waals surface area contributed by atoms with Crippen LogP contribution in [-0.4, -0.2) is 18.0 Å². The molecule has 4 nitrogen and oxygen atoms in total. The highest BCUT2D eigenvalue weighted by atomic mass is 16.5. The molecule has 0 bridgehead atoms. The van der Waals surface area contributed by atoms with Crippen molar-refractivity contribution < 1.29 is 19.1 Å². The molecule has 0 aliphatic heterocycles. The number of rotatable bonds is 2. The summed E-state index contributed by atoms with van der Waals surface area (Å²) in [6.45, 7) is 7.69. The zero-order valence-electron chi connectivity index (χ0n) is 16.8. The molecule has 0 radical (unpaired) electrons. The van der Waals surface area contributed by atoms with Gasteiger partial charge in [0.15, 0.2) is 0 Å². The lowest BCUT2D eigenvalue weighted by atomic mass is 9.53. The third-order valence-electron chi connectivity index (χ3n) is 7.53. The van der Waals surface area contributed by atoms with E-state index in [9.17, 15) is 9.59 Å². The Hall–Kier alpha value is -1.84. The lowest BCUT2D eigenvalue weighted by Crippen LogP contribution is -2.47. The van der Waals surface area contributed by atoms with Gasteiger partial charge in [-0.25, -0.2) is 0 Å². The van der Waals surface area contributed by atoms with Crippen LogP contribution in [0.25, 0.3) is 0 Å². The van der Waals surface area contributed by atoms with Gasteiger partial charge in [0.2, 0.25) is 0 Å². The molecule has 0 amide bonds. The molecule has 1 aromatic rings. The molecule has 3 unspecified atom stereocenters. The Morgan fingerprint density at radius 1 is 1.11 bits per heavy atom. The number of carbonyl (C=O) groups excluding carboxylic acids is 2. The Bertz CT molecular complexity index is 770. The molecule has 0 spiro atoms. The van der Waals surface area contributed by atoms with E-state index >= 15 is 0 Å². The first-order valence-electron chi connectivity index (χ1n) is 10.3. The molecule has 3 aliphatic rings. The van der Waals surface area contributed by atoms with Gasteiger partial charge in [-0.15, -0.1) is 0 Å². The Morgan fingerprint density at radius 3 is 2.59 bits per heavy atom. The van der Waals surface area contributed by atoms with Gasteiger partial charge >= 0.3 is 11.9 Å². The van der Waals surface area contributed by atoms with Gasteiger partial charge in [-0.1, -0.05) is 19.9 Å². The van der Waals surface area contributed by atoms with Gasteiger partial charge in [0.1, 0.15) is 11.9 Å². The number of esters is 2. The number of hydrogen-bond acceptors (Lipinski definition) is 4. The molecule has 27 heavy (non-hydrogen) atoms. The van der Waals surface area contributed by atoms with E-state index in [4.69, 9.17) is 9.47 Å². The highest BCUT2D eigenvalue weighted by Crippen LogP contribution is 2.62. The van der Waals surface area contributed by atoms with Crippen molar-refractivity contribution >= 4 is 11.9 Å². The Balaban J connectivity index is 1.63. The minimum atomic E-state index is -0.271. The van der Waals surface area contributed by atoms with Crippen LogP contribution in [0.2, 0.25) is 0 Å². The predicted octanol–water partition coefficient (Wildman–Crippen LogP) is 4.65. The molecular weight excluding hydrogens is 340 g/mol. The van der Waals surface area contributed by atoms with Crippen LogP contribution in [0.5, 0.6) is 5.75 Å². The van der Waals surface area contributed by atoms with E-state index in [1.807, 2.05) is 6.07 Å². The van der Waals surface area contributed by atoms with Gasteiger partial charge in [-0.05, 0) is 79.0 Å². The van der Waals surface area contributed by atoms with Crippen LogP contribution in [0.1, 0.15) is 70.4 Å². The van der Waals surface area contributed by atoms with Crippen molar-refractivity contribution in [2.45, 2.75) is 71.8 Å². The van der Waals surface area contributed by atoms with Crippen molar-refractivity contribution in [2.24, 2.45) is 23.2 Å². The Labute approximate surface area is 161 Å². The van der Waals surface area contributed by atoms with Gasteiger partial charge in [0.25, 0.3) is 0 Å². The maximum Gasteiger partial charge on any atom is 0.308 e. The summed E-state index contributed by atoms with van der Waals surface area (Å²) < 4.78 is 11.0. The quantitative estimate of drug-likeness (QED) is 0.562. The highest BCUT2D eigenvalue weighted by molar-refractivity contribution is 5.69. The van der Waals surface area contributed by atoms with E-state index in [1.165, 1.54) is 25.0 Å². The third-order valence-corrected chi connectivity index (χ3v) is 7.53. The summed E-state index contributed by atoms with van der Waals surface area (Å²) in [7, 11) is 0. The zero-order valence-corrected chi connectivity index (χ0v) is 16.8. The summed E-state index contributed by atoms with van der Waals surface area (Å²) >= 11 is 0. The first-order valence-corrected chi connectivity index (χ1v) is 10.3. The molecule has 1 aromatic carbocycles. The first-order chi connectivity index (χ1) is 12.8. The monoisotopic (exact) mass is 370 g/mol. The maximum absolute atomic E-state index is 11.6. The largest absolute Gasteiger partial charge is 0.462 e. The molecule has 0 aromatic heterocycles. The average Bonchev–Trinajstić information content (AvgIpc) is 2.90. The van der Waals surface area contributed by atoms with Crippen LogP contribution in [0, 0.1) is 23.2 Å². The lowest BCUT2D eigenvalue weighted by molar-refractivity contribution is -0.155. The second-order valence-electron chi connectivity index (χ2n) is 9.15. The molecule has 4 rings (SSSR count). The fourth-order valence-corrected chi connectivity index (χ4v) is 6.53. The fourth-order valence-electron chi connectivity index (χ4n) is 6.53. The standard InChI is InChI=1S/C23H30O4/c1-13-11-16-12-17(26-14(2)24)5-6-18(16)19-9-10-23(4)20(22(13)19)7-8-21(23)27-15(3)25/h5-6,12-13,19-22H,7-11H2,1-4H3/t13-,19?,20?,21+,22?,23+/m1/s1. The summed E-state index contributed by atoms with van der Waals surface area (Å²) in [5.74, 6) is 2.62. The minimum Gasteiger partial charge on any atom is -0.462 e. The van der Waals surface area contributed by atoms with Gasteiger partial charge in [0.05, 0.1) is 0 Å². The maximum atomic E-state index is 11.6. The second-order valence-corrected chi connectivity index (χ2v) is 9.15. The molecule has 146 valence electrons. The summed E-state index contributed by atoms with van der Waals surface area (Å²) in [6.07, 6.45) is 5.49. The minimum absolute atomic E-state index is 0.0703. The molecule has 4 heteroatoms. The van der Waals surface area contributed by atoms with Crippen LogP contribution in [0.15, 0.2) is 18.2 Å². The van der Waals surface area contributed by atoms with E-state index in [1.54, 1.807) is 0 Å². The molecule has 6 atom stereocenters. The molecule has 0 saturated heterocycles. The van der Waals surface area contributed by atoms with Gasteiger partial charge < -0.3 is 9.47 Å². The Kier molecular flexibility index (Phi) is 4.56. The van der Waals surface area contributed by atoms with Crippen molar-refractivity contribution in [1.82, 2.24) is 0 Å². The SMILES string of the molecule is CC(=O)Oc1ccc2c(c1)C[C@@H](C)C1C2CC[C@@]2(C)C1CC[C@@H]2OC(C)=O. The smallest absolute Gasteiger partial charge is 0.308 e. The molecule has 0 N–H and O–H groups in total. The van der Waals surface area contributed by atoms with E-state index in [-0.39, 0.29) is 23.5 Å². The van der Waals surface area contributed by atoms with Crippen LogP contribution in [0.3, 0.4) is 0 Å². The molecule has 3 aliphatic carbocycles. The predicted molar refractivity (Wildman–Crippen MR) is 102 cm³/mol. The van der Waals surface area contributed by atoms with Crippen molar-refractivity contribution in [2.75, 3.05) is 0 Å². The zero-order chi connectivity index (χ0) is 19.3. The normalized spacial score (nSPS) is 37.0. The van der Waals surface area contributed by atoms with Crippen molar-refractivity contribution in [3.05, 3.63) is 29.3 Å². The number of carbonyl (C=O) groups is 2. The van der Waals surface area contributed by atoms with Crippen LogP contribution in [-0.2, 0) is 20.7 Å².